The summed E-state index contributed by atoms with van der Waals surface area (Å²) < 4.78 is 11.7. The smallest absolute Gasteiger partial charge is 0.223 e. The molecular formula is C25H31N3O4. The highest BCUT2D eigenvalue weighted by Crippen LogP contribution is 2.37. The number of rotatable bonds is 7. The lowest BCUT2D eigenvalue weighted by atomic mass is 9.98. The van der Waals surface area contributed by atoms with Gasteiger partial charge >= 0.3 is 0 Å². The molecule has 0 radical (unpaired) electrons. The maximum absolute atomic E-state index is 12.8. The molecule has 2 aromatic carbocycles. The first-order valence-electron chi connectivity index (χ1n) is 11.2. The summed E-state index contributed by atoms with van der Waals surface area (Å²) in [6.45, 7) is 2.49. The Kier molecular flexibility index (Phi) is 6.53. The van der Waals surface area contributed by atoms with E-state index >= 15 is 0 Å². The average molecular weight is 438 g/mol. The van der Waals surface area contributed by atoms with Crippen molar-refractivity contribution in [3.63, 3.8) is 0 Å². The molecule has 2 aliphatic rings. The molecule has 1 unspecified atom stereocenters. The van der Waals surface area contributed by atoms with Crippen molar-refractivity contribution in [1.82, 2.24) is 4.90 Å². The first-order chi connectivity index (χ1) is 15.4. The summed E-state index contributed by atoms with van der Waals surface area (Å²) in [5.74, 6) is 1.49. The number of carbonyl (C=O) groups excluding carboxylic acids is 2. The second kappa shape index (κ2) is 9.51. The van der Waals surface area contributed by atoms with E-state index in [0.717, 1.165) is 35.5 Å². The Morgan fingerprint density at radius 1 is 1.16 bits per heavy atom. The zero-order chi connectivity index (χ0) is 22.7. The number of hydrogen-bond acceptors (Lipinski definition) is 5. The van der Waals surface area contributed by atoms with Crippen molar-refractivity contribution in [3.8, 4) is 11.5 Å². The SMILES string of the molecule is COc1ccc(C2CC(=O)N(Cc3ccc(N)cc3NC(C)=O)C2)cc1OC1CCCC1. The number of carbonyl (C=O) groups is 2. The Morgan fingerprint density at radius 2 is 1.94 bits per heavy atom. The number of likely N-dealkylation sites (tertiary alicyclic amines) is 1. The predicted octanol–water partition coefficient (Wildman–Crippen LogP) is 4.07. The lowest BCUT2D eigenvalue weighted by molar-refractivity contribution is -0.128. The number of ether oxygens (including phenoxy) is 2. The predicted molar refractivity (Wildman–Crippen MR) is 124 cm³/mol. The minimum Gasteiger partial charge on any atom is -0.493 e. The molecule has 2 fully saturated rings. The van der Waals surface area contributed by atoms with Crippen LogP contribution in [0.2, 0.25) is 0 Å². The molecular weight excluding hydrogens is 406 g/mol. The molecule has 7 nitrogen and oxygen atoms in total. The summed E-state index contributed by atoms with van der Waals surface area (Å²) in [6.07, 6.45) is 5.22. The molecule has 1 saturated heterocycles. The van der Waals surface area contributed by atoms with Gasteiger partial charge in [0.1, 0.15) is 0 Å². The highest BCUT2D eigenvalue weighted by molar-refractivity contribution is 5.90. The molecule has 1 aliphatic heterocycles. The number of hydrogen-bond donors (Lipinski definition) is 2. The highest BCUT2D eigenvalue weighted by atomic mass is 16.5. The zero-order valence-electron chi connectivity index (χ0n) is 18.7. The zero-order valence-corrected chi connectivity index (χ0v) is 18.7. The number of methoxy groups -OCH3 is 1. The van der Waals surface area contributed by atoms with E-state index in [1.54, 1.807) is 19.2 Å². The Labute approximate surface area is 188 Å². The fourth-order valence-electron chi connectivity index (χ4n) is 4.62. The number of nitrogens with one attached hydrogen (secondary N) is 1. The van der Waals surface area contributed by atoms with Crippen LogP contribution in [0, 0.1) is 0 Å². The molecule has 2 amide bonds. The average Bonchev–Trinajstić information content (AvgIpc) is 3.39. The van der Waals surface area contributed by atoms with E-state index in [1.165, 1.54) is 19.8 Å². The molecule has 32 heavy (non-hydrogen) atoms. The number of anilines is 2. The van der Waals surface area contributed by atoms with Gasteiger partial charge in [0, 0.05) is 43.7 Å². The van der Waals surface area contributed by atoms with Gasteiger partial charge in [-0.1, -0.05) is 12.1 Å². The number of benzene rings is 2. The van der Waals surface area contributed by atoms with Gasteiger partial charge in [-0.25, -0.2) is 0 Å². The molecule has 170 valence electrons. The minimum atomic E-state index is -0.171. The van der Waals surface area contributed by atoms with Gasteiger partial charge < -0.3 is 25.4 Å². The van der Waals surface area contributed by atoms with Gasteiger partial charge in [0.2, 0.25) is 11.8 Å². The second-order valence-electron chi connectivity index (χ2n) is 8.71. The van der Waals surface area contributed by atoms with Crippen molar-refractivity contribution < 1.29 is 19.1 Å². The molecule has 1 heterocycles. The highest BCUT2D eigenvalue weighted by Gasteiger charge is 2.32. The van der Waals surface area contributed by atoms with Crippen LogP contribution in [0.5, 0.6) is 11.5 Å². The monoisotopic (exact) mass is 437 g/mol. The minimum absolute atomic E-state index is 0.0809. The normalized spacial score (nSPS) is 18.8. The molecule has 0 spiro atoms. The Bertz CT molecular complexity index is 1000. The van der Waals surface area contributed by atoms with E-state index < -0.39 is 0 Å². The summed E-state index contributed by atoms with van der Waals surface area (Å²) in [5.41, 5.74) is 9.03. The molecule has 4 rings (SSSR count). The van der Waals surface area contributed by atoms with Gasteiger partial charge in [0.05, 0.1) is 13.2 Å². The van der Waals surface area contributed by atoms with Crippen LogP contribution >= 0.6 is 0 Å². The van der Waals surface area contributed by atoms with Gasteiger partial charge in [-0.3, -0.25) is 9.59 Å². The Morgan fingerprint density at radius 3 is 2.66 bits per heavy atom. The standard InChI is InChI=1S/C25H31N3O4/c1-16(29)27-22-13-20(26)9-7-18(22)14-28-15-19(12-25(28)30)17-8-10-23(31-2)24(11-17)32-21-5-3-4-6-21/h7-11,13,19,21H,3-6,12,14-15,26H2,1-2H3,(H,27,29). The van der Waals surface area contributed by atoms with Crippen LogP contribution in [-0.2, 0) is 16.1 Å². The first kappa shape index (κ1) is 22.0. The van der Waals surface area contributed by atoms with Crippen molar-refractivity contribution in [2.24, 2.45) is 0 Å². The number of amides is 2. The third kappa shape index (κ3) is 4.98. The number of nitrogens with two attached hydrogens (primary N) is 1. The maximum Gasteiger partial charge on any atom is 0.223 e. The van der Waals surface area contributed by atoms with Crippen LogP contribution in [0.1, 0.15) is 56.1 Å². The summed E-state index contributed by atoms with van der Waals surface area (Å²) in [5, 5.41) is 2.81. The summed E-state index contributed by atoms with van der Waals surface area (Å²) >= 11 is 0. The lowest BCUT2D eigenvalue weighted by Crippen LogP contribution is -2.25. The topological polar surface area (TPSA) is 93.9 Å². The Balaban J connectivity index is 1.50. The summed E-state index contributed by atoms with van der Waals surface area (Å²) in [7, 11) is 1.65. The van der Waals surface area contributed by atoms with Crippen LogP contribution in [-0.4, -0.2) is 36.5 Å². The van der Waals surface area contributed by atoms with Crippen molar-refractivity contribution >= 4 is 23.2 Å². The van der Waals surface area contributed by atoms with E-state index in [9.17, 15) is 9.59 Å². The fraction of sp³-hybridized carbons (Fsp3) is 0.440. The first-order valence-corrected chi connectivity index (χ1v) is 11.2. The molecule has 1 aliphatic carbocycles. The van der Waals surface area contributed by atoms with Crippen LogP contribution < -0.4 is 20.5 Å². The molecule has 7 heteroatoms. The van der Waals surface area contributed by atoms with Gasteiger partial charge in [-0.2, -0.15) is 0 Å². The molecule has 3 N–H and O–H groups in total. The molecule has 0 bridgehead atoms. The Hall–Kier alpha value is -3.22. The van der Waals surface area contributed by atoms with Crippen LogP contribution in [0.25, 0.3) is 0 Å². The summed E-state index contributed by atoms with van der Waals surface area (Å²) in [6, 6.07) is 11.4. The second-order valence-corrected chi connectivity index (χ2v) is 8.71. The van der Waals surface area contributed by atoms with Gasteiger partial charge in [-0.15, -0.1) is 0 Å². The van der Waals surface area contributed by atoms with E-state index in [2.05, 4.69) is 5.32 Å². The van der Waals surface area contributed by atoms with Gasteiger partial charge in [0.15, 0.2) is 11.5 Å². The fourth-order valence-corrected chi connectivity index (χ4v) is 4.62. The van der Waals surface area contributed by atoms with Gasteiger partial charge in [0.25, 0.3) is 0 Å². The lowest BCUT2D eigenvalue weighted by Gasteiger charge is -2.20. The maximum atomic E-state index is 12.8. The van der Waals surface area contributed by atoms with E-state index in [1.807, 2.05) is 29.2 Å². The number of nitrogens with zero attached hydrogens (tertiary/aromatic N) is 1. The van der Waals surface area contributed by atoms with Crippen molar-refractivity contribution in [3.05, 3.63) is 47.5 Å². The van der Waals surface area contributed by atoms with Crippen molar-refractivity contribution in [1.29, 1.82) is 0 Å². The third-order valence-electron chi connectivity index (χ3n) is 6.28. The third-order valence-corrected chi connectivity index (χ3v) is 6.28. The number of nitrogen functional groups attached to an aromatic ring is 1. The summed E-state index contributed by atoms with van der Waals surface area (Å²) in [4.78, 5) is 26.2. The van der Waals surface area contributed by atoms with Crippen molar-refractivity contribution in [2.75, 3.05) is 24.7 Å². The van der Waals surface area contributed by atoms with Crippen LogP contribution in [0.4, 0.5) is 11.4 Å². The van der Waals surface area contributed by atoms with Crippen molar-refractivity contribution in [2.45, 2.75) is 57.6 Å². The van der Waals surface area contributed by atoms with Crippen LogP contribution in [0.3, 0.4) is 0 Å². The quantitative estimate of drug-likeness (QED) is 0.637. The molecule has 1 saturated carbocycles. The van der Waals surface area contributed by atoms with E-state index in [4.69, 9.17) is 15.2 Å². The largest absolute Gasteiger partial charge is 0.493 e. The van der Waals surface area contributed by atoms with E-state index in [0.29, 0.717) is 30.9 Å². The molecule has 1 atom stereocenters. The van der Waals surface area contributed by atoms with Gasteiger partial charge in [-0.05, 0) is 61.1 Å². The molecule has 0 aromatic heterocycles. The van der Waals surface area contributed by atoms with Crippen LogP contribution in [0.15, 0.2) is 36.4 Å². The van der Waals surface area contributed by atoms with E-state index in [-0.39, 0.29) is 23.8 Å². The molecule has 2 aromatic rings.